The van der Waals surface area contributed by atoms with Crippen LogP contribution in [-0.2, 0) is 23.1 Å². The predicted octanol–water partition coefficient (Wildman–Crippen LogP) is 0.159. The first-order valence-electron chi connectivity index (χ1n) is 11.0. The Kier molecular flexibility index (Phi) is 7.21. The summed E-state index contributed by atoms with van der Waals surface area (Å²) in [5.41, 5.74) is 1.52. The minimum absolute atomic E-state index is 0.0188. The second-order valence-corrected chi connectivity index (χ2v) is 11.0. The fourth-order valence-electron chi connectivity index (χ4n) is 4.27. The van der Waals surface area contributed by atoms with Gasteiger partial charge in [0.15, 0.2) is 0 Å². The van der Waals surface area contributed by atoms with Crippen LogP contribution in [0.25, 0.3) is 0 Å². The molecule has 2 saturated heterocycles. The molecule has 2 aliphatic rings. The molecule has 3 heterocycles. The molecule has 1 aromatic carbocycles. The van der Waals surface area contributed by atoms with Gasteiger partial charge in [0.1, 0.15) is 5.82 Å². The van der Waals surface area contributed by atoms with Crippen molar-refractivity contribution < 1.29 is 12.8 Å². The van der Waals surface area contributed by atoms with E-state index >= 15 is 0 Å². The fourth-order valence-corrected chi connectivity index (χ4v) is 6.01. The van der Waals surface area contributed by atoms with Crippen molar-refractivity contribution in [3.8, 4) is 0 Å². The highest BCUT2D eigenvalue weighted by Gasteiger charge is 2.40. The smallest absolute Gasteiger partial charge is 0.216 e. The van der Waals surface area contributed by atoms with Gasteiger partial charge in [-0.25, -0.2) is 17.5 Å². The van der Waals surface area contributed by atoms with Crippen LogP contribution in [0.1, 0.15) is 11.3 Å². The van der Waals surface area contributed by atoms with Gasteiger partial charge in [0, 0.05) is 51.9 Å². The van der Waals surface area contributed by atoms with Crippen LogP contribution >= 0.6 is 0 Å². The minimum atomic E-state index is -3.32. The van der Waals surface area contributed by atoms with Gasteiger partial charge in [-0.3, -0.25) is 9.80 Å². The lowest BCUT2D eigenvalue weighted by molar-refractivity contribution is 0.0964. The van der Waals surface area contributed by atoms with Crippen molar-refractivity contribution in [3.63, 3.8) is 0 Å². The number of benzene rings is 1. The highest BCUT2D eigenvalue weighted by Crippen LogP contribution is 2.22. The monoisotopic (exact) mass is 465 g/mol. The molecular formula is C21H32FN7O2S. The molecule has 2 aromatic rings. The van der Waals surface area contributed by atoms with Crippen molar-refractivity contribution in [3.05, 3.63) is 47.5 Å². The molecule has 0 N–H and O–H groups in total. The van der Waals surface area contributed by atoms with Gasteiger partial charge in [-0.1, -0.05) is 17.3 Å². The van der Waals surface area contributed by atoms with E-state index in [2.05, 4.69) is 39.1 Å². The average molecular weight is 466 g/mol. The van der Waals surface area contributed by atoms with Crippen LogP contribution < -0.4 is 0 Å². The molecule has 32 heavy (non-hydrogen) atoms. The lowest BCUT2D eigenvalue weighted by Crippen LogP contribution is -2.52. The summed E-state index contributed by atoms with van der Waals surface area (Å²) in [6.07, 6.45) is 1.76. The molecule has 0 saturated carbocycles. The third-order valence-corrected chi connectivity index (χ3v) is 8.05. The van der Waals surface area contributed by atoms with Gasteiger partial charge in [-0.05, 0) is 31.8 Å². The molecule has 0 bridgehead atoms. The van der Waals surface area contributed by atoms with E-state index in [4.69, 9.17) is 0 Å². The molecule has 11 heteroatoms. The first kappa shape index (κ1) is 23.2. The molecule has 0 aliphatic carbocycles. The molecule has 0 amide bonds. The summed E-state index contributed by atoms with van der Waals surface area (Å²) in [4.78, 5) is 6.94. The molecule has 1 aromatic heterocycles. The van der Waals surface area contributed by atoms with E-state index in [0.717, 1.165) is 44.8 Å². The molecule has 4 rings (SSSR count). The Hall–Kier alpha value is -1.92. The maximum atomic E-state index is 13.1. The average Bonchev–Trinajstić information content (AvgIpc) is 3.32. The second-order valence-electron chi connectivity index (χ2n) is 8.94. The number of halogens is 1. The Balaban J connectivity index is 1.30. The summed E-state index contributed by atoms with van der Waals surface area (Å²) in [7, 11) is 0.837. The van der Waals surface area contributed by atoms with E-state index in [1.165, 1.54) is 16.4 Å². The third-order valence-electron chi connectivity index (χ3n) is 6.18. The van der Waals surface area contributed by atoms with Crippen LogP contribution in [0.3, 0.4) is 0 Å². The number of sulfonamides is 1. The number of aromatic nitrogens is 3. The molecule has 0 radical (unpaired) electrons. The van der Waals surface area contributed by atoms with Gasteiger partial charge in [0.2, 0.25) is 10.0 Å². The van der Waals surface area contributed by atoms with Gasteiger partial charge in [-0.2, -0.15) is 4.31 Å². The van der Waals surface area contributed by atoms with E-state index in [-0.39, 0.29) is 24.2 Å². The quantitative estimate of drug-likeness (QED) is 0.550. The number of hydrogen-bond donors (Lipinski definition) is 0. The van der Waals surface area contributed by atoms with Gasteiger partial charge >= 0.3 is 0 Å². The first-order valence-corrected chi connectivity index (χ1v) is 12.6. The lowest BCUT2D eigenvalue weighted by atomic mass is 10.2. The van der Waals surface area contributed by atoms with Gasteiger partial charge in [0.25, 0.3) is 0 Å². The molecule has 2 fully saturated rings. The second kappa shape index (κ2) is 9.92. The van der Waals surface area contributed by atoms with Crippen molar-refractivity contribution in [2.45, 2.75) is 19.1 Å². The van der Waals surface area contributed by atoms with E-state index in [9.17, 15) is 12.8 Å². The zero-order valence-corrected chi connectivity index (χ0v) is 19.6. The molecule has 176 valence electrons. The Labute approximate surface area is 189 Å². The summed E-state index contributed by atoms with van der Waals surface area (Å²) >= 11 is 0. The van der Waals surface area contributed by atoms with E-state index < -0.39 is 10.0 Å². The molecule has 2 aliphatic heterocycles. The van der Waals surface area contributed by atoms with Crippen LogP contribution in [-0.4, -0.2) is 114 Å². The van der Waals surface area contributed by atoms with Crippen LogP contribution in [0.5, 0.6) is 0 Å². The van der Waals surface area contributed by atoms with Crippen LogP contribution in [0.2, 0.25) is 0 Å². The lowest BCUT2D eigenvalue weighted by Gasteiger charge is -2.37. The van der Waals surface area contributed by atoms with Crippen molar-refractivity contribution in [1.29, 1.82) is 0 Å². The van der Waals surface area contributed by atoms with Gasteiger partial charge < -0.3 is 4.90 Å². The number of rotatable bonds is 8. The molecular weight excluding hydrogens is 433 g/mol. The summed E-state index contributed by atoms with van der Waals surface area (Å²) in [5.74, 6) is -0.120. The maximum absolute atomic E-state index is 13.1. The van der Waals surface area contributed by atoms with Crippen molar-refractivity contribution >= 4 is 10.0 Å². The number of hydrogen-bond acceptors (Lipinski definition) is 7. The Bertz CT molecular complexity index is 988. The maximum Gasteiger partial charge on any atom is 0.216 e. The SMILES string of the molecule is CN(C)CCN1CCN(C2CN(Cc3cn(Cc4ccc(F)cc4)nn3)S(=O)(=O)C2)CC1. The zero-order valence-electron chi connectivity index (χ0n) is 18.8. The van der Waals surface area contributed by atoms with Crippen molar-refractivity contribution in [2.24, 2.45) is 0 Å². The normalized spacial score (nSPS) is 22.7. The fraction of sp³-hybridized carbons (Fsp3) is 0.619. The number of piperazine rings is 1. The van der Waals surface area contributed by atoms with Gasteiger partial charge in [-0.15, -0.1) is 5.10 Å². The first-order chi connectivity index (χ1) is 15.3. The Morgan fingerprint density at radius 3 is 2.50 bits per heavy atom. The number of nitrogens with zero attached hydrogens (tertiary/aromatic N) is 7. The van der Waals surface area contributed by atoms with Gasteiger partial charge in [0.05, 0.1) is 30.7 Å². The summed E-state index contributed by atoms with van der Waals surface area (Å²) in [5, 5.41) is 8.25. The predicted molar refractivity (Wildman–Crippen MR) is 120 cm³/mol. The summed E-state index contributed by atoms with van der Waals surface area (Å²) in [6, 6.07) is 6.24. The number of likely N-dealkylation sites (N-methyl/N-ethyl adjacent to an activating group) is 1. The van der Waals surface area contributed by atoms with Crippen molar-refractivity contribution in [1.82, 2.24) is 34.0 Å². The van der Waals surface area contributed by atoms with Crippen LogP contribution in [0.4, 0.5) is 4.39 Å². The Morgan fingerprint density at radius 1 is 1.09 bits per heavy atom. The minimum Gasteiger partial charge on any atom is -0.308 e. The summed E-state index contributed by atoms with van der Waals surface area (Å²) in [6.45, 7) is 7.00. The van der Waals surface area contributed by atoms with Crippen LogP contribution in [0, 0.1) is 5.82 Å². The standard InChI is InChI=1S/C21H32FN7O2S/c1-25(2)7-8-26-9-11-27(12-10-26)21-16-29(32(30,31)17-21)15-20-14-28(24-23-20)13-18-3-5-19(22)6-4-18/h3-6,14,21H,7-13,15-17H2,1-2H3. The largest absolute Gasteiger partial charge is 0.308 e. The van der Waals surface area contributed by atoms with E-state index in [1.807, 2.05) is 0 Å². The van der Waals surface area contributed by atoms with E-state index in [1.54, 1.807) is 23.0 Å². The molecule has 1 unspecified atom stereocenters. The topological polar surface area (TPSA) is 77.8 Å². The Morgan fingerprint density at radius 2 is 1.81 bits per heavy atom. The third kappa shape index (κ3) is 5.90. The highest BCUT2D eigenvalue weighted by molar-refractivity contribution is 7.89. The molecule has 1 atom stereocenters. The molecule has 0 spiro atoms. The van der Waals surface area contributed by atoms with E-state index in [0.29, 0.717) is 18.8 Å². The van der Waals surface area contributed by atoms with Crippen molar-refractivity contribution in [2.75, 3.05) is 65.7 Å². The summed E-state index contributed by atoms with van der Waals surface area (Å²) < 4.78 is 41.8. The highest BCUT2D eigenvalue weighted by atomic mass is 32.2. The zero-order chi connectivity index (χ0) is 22.7. The molecule has 9 nitrogen and oxygen atoms in total. The van der Waals surface area contributed by atoms with Crippen LogP contribution in [0.15, 0.2) is 30.5 Å².